The molecule has 1 aromatic carbocycles. The topological polar surface area (TPSA) is 51.1 Å². The first kappa shape index (κ1) is 16.4. The van der Waals surface area contributed by atoms with Crippen molar-refractivity contribution < 1.29 is 18.0 Å². The van der Waals surface area contributed by atoms with Gasteiger partial charge < -0.3 is 17.6 Å². The van der Waals surface area contributed by atoms with Crippen LogP contribution < -0.4 is 0 Å². The number of nitro groups is 1. The van der Waals surface area contributed by atoms with Gasteiger partial charge in [-0.3, -0.25) is 10.1 Å². The number of aromatic nitrogens is 1. The Labute approximate surface area is 157 Å². The van der Waals surface area contributed by atoms with Crippen LogP contribution in [0.5, 0.6) is 0 Å². The number of halogens is 4. The van der Waals surface area contributed by atoms with Crippen LogP contribution in [0.15, 0.2) is 58.9 Å². The van der Waals surface area contributed by atoms with E-state index in [1.807, 2.05) is 0 Å². The van der Waals surface area contributed by atoms with E-state index in [2.05, 4.69) is 31.9 Å². The second kappa shape index (κ2) is 5.47. The predicted octanol–water partition coefficient (Wildman–Crippen LogP) is 4.53. The molecule has 0 amide bonds. The van der Waals surface area contributed by atoms with Gasteiger partial charge in [-0.2, -0.15) is 0 Å². The van der Waals surface area contributed by atoms with Crippen LogP contribution in [-0.4, -0.2) is 25.5 Å². The zero-order valence-electron chi connectivity index (χ0n) is 12.4. The third-order valence-corrected chi connectivity index (χ3v) is 5.53. The molecule has 3 heterocycles. The molecular weight excluding hydrogens is 463 g/mol. The van der Waals surface area contributed by atoms with Crippen LogP contribution in [0, 0.1) is 10.1 Å². The van der Waals surface area contributed by atoms with Crippen LogP contribution in [0.4, 0.5) is 14.3 Å². The van der Waals surface area contributed by atoms with Crippen molar-refractivity contribution in [3.05, 3.63) is 80.2 Å². The molecule has 0 N–H and O–H groups in total. The van der Waals surface area contributed by atoms with E-state index in [0.29, 0.717) is 22.5 Å². The van der Waals surface area contributed by atoms with E-state index in [1.165, 1.54) is 12.1 Å². The van der Waals surface area contributed by atoms with Gasteiger partial charge in [0, 0.05) is 45.9 Å². The number of rotatable bonds is 2. The Kier molecular flexibility index (Phi) is 3.59. The lowest BCUT2D eigenvalue weighted by Crippen LogP contribution is -2.50. The van der Waals surface area contributed by atoms with Crippen molar-refractivity contribution in [2.24, 2.45) is 0 Å². The van der Waals surface area contributed by atoms with Crippen molar-refractivity contribution in [2.45, 2.75) is 0 Å². The summed E-state index contributed by atoms with van der Waals surface area (Å²) in [5.41, 5.74) is 1.85. The molecule has 2 aromatic rings. The first-order valence-corrected chi connectivity index (χ1v) is 8.79. The molecule has 0 atom stereocenters. The number of allylic oxidation sites excluding steroid dienone is 2. The van der Waals surface area contributed by atoms with E-state index in [4.69, 9.17) is 0 Å². The van der Waals surface area contributed by atoms with Gasteiger partial charge in [0.05, 0.1) is 15.1 Å². The maximum atomic E-state index is 15.1. The average Bonchev–Trinajstić information content (AvgIpc) is 3.13. The summed E-state index contributed by atoms with van der Waals surface area (Å²) in [4.78, 5) is 10.4. The third-order valence-electron chi connectivity index (χ3n) is 4.24. The fraction of sp³-hybridized carbons (Fsp3) is 0. The van der Waals surface area contributed by atoms with Gasteiger partial charge in [0.1, 0.15) is 0 Å². The SMILES string of the molecule is O=[N+]([O-])c1ccc(C2=C3C=CC(Br)=[N+]3[B-](F)(F)n3c(Br)ccc32)cc1. The van der Waals surface area contributed by atoms with Crippen LogP contribution in [0.3, 0.4) is 0 Å². The molecule has 0 bridgehead atoms. The van der Waals surface area contributed by atoms with Crippen LogP contribution >= 0.6 is 31.9 Å². The second-order valence-corrected chi connectivity index (χ2v) is 7.21. The number of non-ortho nitro benzene ring substituents is 1. The maximum absolute atomic E-state index is 15.1. The minimum atomic E-state index is -4.07. The van der Waals surface area contributed by atoms with E-state index in [-0.39, 0.29) is 14.9 Å². The molecule has 0 fully saturated rings. The zero-order valence-corrected chi connectivity index (χ0v) is 15.5. The van der Waals surface area contributed by atoms with Crippen molar-refractivity contribution in [3.8, 4) is 0 Å². The van der Waals surface area contributed by atoms with E-state index < -0.39 is 11.9 Å². The van der Waals surface area contributed by atoms with E-state index in [0.717, 1.165) is 8.96 Å². The van der Waals surface area contributed by atoms with Crippen LogP contribution in [0.25, 0.3) is 5.57 Å². The van der Waals surface area contributed by atoms with Crippen LogP contribution in [0.1, 0.15) is 11.3 Å². The van der Waals surface area contributed by atoms with Gasteiger partial charge in [-0.05, 0) is 45.8 Å². The second-order valence-electron chi connectivity index (χ2n) is 5.59. The predicted molar refractivity (Wildman–Crippen MR) is 98.0 cm³/mol. The van der Waals surface area contributed by atoms with Crippen molar-refractivity contribution in [1.29, 1.82) is 0 Å². The van der Waals surface area contributed by atoms with Crippen LogP contribution in [0.2, 0.25) is 0 Å². The number of nitrogens with zero attached hydrogens (tertiary/aromatic N) is 3. The molecule has 10 heteroatoms. The summed E-state index contributed by atoms with van der Waals surface area (Å²) < 4.78 is 32.6. The molecule has 1 aromatic heterocycles. The molecule has 25 heavy (non-hydrogen) atoms. The number of hydrogen-bond acceptors (Lipinski definition) is 2. The Morgan fingerprint density at radius 2 is 1.76 bits per heavy atom. The molecule has 2 aliphatic rings. The van der Waals surface area contributed by atoms with Crippen LogP contribution in [-0.2, 0) is 0 Å². The summed E-state index contributed by atoms with van der Waals surface area (Å²) >= 11 is 6.38. The van der Waals surface area contributed by atoms with Gasteiger partial charge in [0.15, 0.2) is 5.70 Å². The molecule has 126 valence electrons. The monoisotopic (exact) mass is 469 g/mol. The quantitative estimate of drug-likeness (QED) is 0.368. The molecule has 0 saturated carbocycles. The molecule has 0 saturated heterocycles. The van der Waals surface area contributed by atoms with E-state index in [9.17, 15) is 10.1 Å². The normalized spacial score (nSPS) is 17.8. The lowest BCUT2D eigenvalue weighted by molar-refractivity contribution is -0.384. The fourth-order valence-corrected chi connectivity index (χ4v) is 4.32. The van der Waals surface area contributed by atoms with Crippen molar-refractivity contribution in [3.63, 3.8) is 0 Å². The lowest BCUT2D eigenvalue weighted by atomic mass is 9.86. The molecule has 0 spiro atoms. The standard InChI is InChI=1S/C15H8BBr2F2N3O2/c17-13-7-5-11-15(9-1-3-10(4-2-9)23(24)25)12-6-8-14(18)22(12)16(19,20)21(11)13/h1-8H. The zero-order chi connectivity index (χ0) is 17.9. The summed E-state index contributed by atoms with van der Waals surface area (Å²) in [6.07, 6.45) is 3.18. The number of benzene rings is 1. The highest BCUT2D eigenvalue weighted by Crippen LogP contribution is 2.42. The molecular formula is C15H8BBr2F2N3O2. The summed E-state index contributed by atoms with van der Waals surface area (Å²) in [5.74, 6) is 0. The smallest absolute Gasteiger partial charge is 0.389 e. The van der Waals surface area contributed by atoms with Gasteiger partial charge in [0.25, 0.3) is 5.69 Å². The molecule has 0 aliphatic carbocycles. The Morgan fingerprint density at radius 1 is 1.08 bits per heavy atom. The lowest BCUT2D eigenvalue weighted by Gasteiger charge is -2.32. The van der Waals surface area contributed by atoms with Gasteiger partial charge in [-0.15, -0.1) is 0 Å². The van der Waals surface area contributed by atoms with E-state index in [1.54, 1.807) is 36.4 Å². The Balaban J connectivity index is 2.02. The molecule has 4 rings (SSSR count). The molecule has 0 radical (unpaired) electrons. The highest BCUT2D eigenvalue weighted by atomic mass is 79.9. The van der Waals surface area contributed by atoms with E-state index >= 15 is 8.63 Å². The summed E-state index contributed by atoms with van der Waals surface area (Å²) in [6, 6.07) is 9.05. The summed E-state index contributed by atoms with van der Waals surface area (Å²) in [6.45, 7) is -4.07. The Bertz CT molecular complexity index is 1030. The molecule has 2 aliphatic heterocycles. The number of hydrogen-bond donors (Lipinski definition) is 0. The van der Waals surface area contributed by atoms with Gasteiger partial charge in [-0.25, -0.2) is 0 Å². The summed E-state index contributed by atoms with van der Waals surface area (Å²) in [5, 5.41) is 10.9. The minimum Gasteiger partial charge on any atom is -0.389 e. The third kappa shape index (κ3) is 2.27. The van der Waals surface area contributed by atoms with Gasteiger partial charge in [-0.1, -0.05) is 0 Å². The number of nitro benzene ring substituents is 1. The largest absolute Gasteiger partial charge is 0.738 e. The fourth-order valence-electron chi connectivity index (χ4n) is 3.18. The highest BCUT2D eigenvalue weighted by Gasteiger charge is 2.54. The number of fused-ring (bicyclic) bond motifs is 2. The summed E-state index contributed by atoms with van der Waals surface area (Å²) in [7, 11) is 0. The maximum Gasteiger partial charge on any atom is 0.738 e. The van der Waals surface area contributed by atoms with Gasteiger partial charge in [0.2, 0.25) is 4.62 Å². The molecule has 0 unspecified atom stereocenters. The Morgan fingerprint density at radius 3 is 2.40 bits per heavy atom. The van der Waals surface area contributed by atoms with Gasteiger partial charge >= 0.3 is 6.97 Å². The van der Waals surface area contributed by atoms with Crippen molar-refractivity contribution in [2.75, 3.05) is 0 Å². The first-order valence-electron chi connectivity index (χ1n) is 7.21. The average molecular weight is 471 g/mol. The first-order chi connectivity index (χ1) is 11.8. The van der Waals surface area contributed by atoms with Crippen molar-refractivity contribution >= 4 is 54.7 Å². The highest BCUT2D eigenvalue weighted by molar-refractivity contribution is 9.18. The minimum absolute atomic E-state index is 0.0529. The van der Waals surface area contributed by atoms with Crippen molar-refractivity contribution in [1.82, 2.24) is 4.48 Å². The molecule has 5 nitrogen and oxygen atoms in total. The Hall–Kier alpha value is -2.07.